The first-order valence-corrected chi connectivity index (χ1v) is 7.35. The molecule has 1 aliphatic carbocycles. The van der Waals surface area contributed by atoms with Crippen LogP contribution >= 0.6 is 0 Å². The minimum Gasteiger partial charge on any atom is -0.481 e. The Morgan fingerprint density at radius 3 is 2.71 bits per heavy atom. The Morgan fingerprint density at radius 1 is 1.24 bits per heavy atom. The van der Waals surface area contributed by atoms with Crippen molar-refractivity contribution >= 4 is 17.6 Å². The van der Waals surface area contributed by atoms with E-state index < -0.39 is 17.8 Å². The molecule has 1 aromatic rings. The van der Waals surface area contributed by atoms with Crippen molar-refractivity contribution in [2.45, 2.75) is 32.1 Å². The number of aliphatic hydroxyl groups is 1. The lowest BCUT2D eigenvalue weighted by Crippen LogP contribution is -2.30. The molecule has 3 N–H and O–H groups in total. The van der Waals surface area contributed by atoms with E-state index in [0.717, 1.165) is 18.4 Å². The predicted octanol–water partition coefficient (Wildman–Crippen LogP) is 2.05. The summed E-state index contributed by atoms with van der Waals surface area (Å²) < 4.78 is 0. The summed E-state index contributed by atoms with van der Waals surface area (Å²) in [4.78, 5) is 23.4. The number of carboxylic acid groups (broad SMARTS) is 1. The van der Waals surface area contributed by atoms with E-state index in [0.29, 0.717) is 24.9 Å². The topological polar surface area (TPSA) is 86.6 Å². The molecular formula is C16H21NO4. The number of nitrogens with one attached hydrogen (secondary N) is 1. The Hall–Kier alpha value is -1.88. The fourth-order valence-corrected chi connectivity index (χ4v) is 2.89. The first-order chi connectivity index (χ1) is 10.1. The molecule has 5 heteroatoms. The van der Waals surface area contributed by atoms with Crippen LogP contribution in [-0.4, -0.2) is 28.7 Å². The van der Waals surface area contributed by atoms with Gasteiger partial charge in [0.2, 0.25) is 5.91 Å². The number of carbonyl (C=O) groups is 2. The lowest BCUT2D eigenvalue weighted by molar-refractivity contribution is -0.145. The molecule has 0 spiro atoms. The van der Waals surface area contributed by atoms with E-state index in [1.54, 1.807) is 6.07 Å². The van der Waals surface area contributed by atoms with Crippen LogP contribution in [0.5, 0.6) is 0 Å². The van der Waals surface area contributed by atoms with E-state index in [-0.39, 0.29) is 12.5 Å². The highest BCUT2D eigenvalue weighted by molar-refractivity contribution is 5.95. The molecule has 0 bridgehead atoms. The number of benzene rings is 1. The molecular weight excluding hydrogens is 270 g/mol. The smallest absolute Gasteiger partial charge is 0.307 e. The van der Waals surface area contributed by atoms with E-state index in [1.807, 2.05) is 18.2 Å². The fourth-order valence-electron chi connectivity index (χ4n) is 2.89. The predicted molar refractivity (Wildman–Crippen MR) is 78.9 cm³/mol. The Morgan fingerprint density at radius 2 is 2.00 bits per heavy atom. The van der Waals surface area contributed by atoms with Gasteiger partial charge in [-0.1, -0.05) is 18.6 Å². The molecule has 0 heterocycles. The maximum absolute atomic E-state index is 12.2. The van der Waals surface area contributed by atoms with Gasteiger partial charge in [0.25, 0.3) is 0 Å². The summed E-state index contributed by atoms with van der Waals surface area (Å²) in [6.07, 6.45) is 3.42. The standard InChI is InChI=1S/C16H21NO4/c18-9-3-5-11-4-1-6-12(10-11)17-15(19)13-7-2-8-14(13)16(20)21/h1,4,6,10,13-14,18H,2-3,5,7-9H2,(H,17,19)(H,20,21). The third-order valence-electron chi connectivity index (χ3n) is 3.99. The van der Waals surface area contributed by atoms with E-state index in [1.165, 1.54) is 0 Å². The molecule has 1 saturated carbocycles. The van der Waals surface area contributed by atoms with Gasteiger partial charge in [-0.2, -0.15) is 0 Å². The molecule has 1 amide bonds. The van der Waals surface area contributed by atoms with Crippen molar-refractivity contribution in [1.29, 1.82) is 0 Å². The fraction of sp³-hybridized carbons (Fsp3) is 0.500. The molecule has 0 aromatic heterocycles. The second kappa shape index (κ2) is 7.22. The minimum atomic E-state index is -0.885. The molecule has 1 aliphatic rings. The average molecular weight is 291 g/mol. The van der Waals surface area contributed by atoms with Crippen LogP contribution in [0.3, 0.4) is 0 Å². The van der Waals surface area contributed by atoms with Crippen LogP contribution in [-0.2, 0) is 16.0 Å². The molecule has 0 aliphatic heterocycles. The largest absolute Gasteiger partial charge is 0.481 e. The van der Waals surface area contributed by atoms with Crippen molar-refractivity contribution in [3.8, 4) is 0 Å². The van der Waals surface area contributed by atoms with E-state index >= 15 is 0 Å². The number of carboxylic acids is 1. The highest BCUT2D eigenvalue weighted by Gasteiger charge is 2.37. The second-order valence-electron chi connectivity index (χ2n) is 5.50. The van der Waals surface area contributed by atoms with Crippen molar-refractivity contribution in [3.05, 3.63) is 29.8 Å². The lowest BCUT2D eigenvalue weighted by Gasteiger charge is -2.16. The van der Waals surface area contributed by atoms with Gasteiger partial charge in [0.05, 0.1) is 11.8 Å². The number of aliphatic carboxylic acids is 1. The number of rotatable bonds is 6. The van der Waals surface area contributed by atoms with Crippen LogP contribution in [0, 0.1) is 11.8 Å². The van der Waals surface area contributed by atoms with Gasteiger partial charge < -0.3 is 15.5 Å². The normalized spacial score (nSPS) is 21.2. The second-order valence-corrected chi connectivity index (χ2v) is 5.50. The third-order valence-corrected chi connectivity index (χ3v) is 3.99. The molecule has 0 radical (unpaired) electrons. The van der Waals surface area contributed by atoms with Gasteiger partial charge in [-0.3, -0.25) is 9.59 Å². The number of aliphatic hydroxyl groups excluding tert-OH is 1. The number of aryl methyl sites for hydroxylation is 1. The van der Waals surface area contributed by atoms with Crippen LogP contribution in [0.25, 0.3) is 0 Å². The lowest BCUT2D eigenvalue weighted by atomic mass is 9.95. The van der Waals surface area contributed by atoms with Gasteiger partial charge in [0, 0.05) is 12.3 Å². The Labute approximate surface area is 124 Å². The Kier molecular flexibility index (Phi) is 5.33. The molecule has 5 nitrogen and oxygen atoms in total. The van der Waals surface area contributed by atoms with Gasteiger partial charge in [0.15, 0.2) is 0 Å². The van der Waals surface area contributed by atoms with Crippen molar-refractivity contribution in [3.63, 3.8) is 0 Å². The average Bonchev–Trinajstić information content (AvgIpc) is 2.95. The summed E-state index contributed by atoms with van der Waals surface area (Å²) in [6, 6.07) is 7.47. The zero-order chi connectivity index (χ0) is 15.2. The SMILES string of the molecule is O=C(O)C1CCCC1C(=O)Nc1cccc(CCCO)c1. The summed E-state index contributed by atoms with van der Waals surface area (Å²) in [5.74, 6) is -2.10. The molecule has 2 rings (SSSR count). The van der Waals surface area contributed by atoms with Crippen molar-refractivity contribution < 1.29 is 19.8 Å². The maximum atomic E-state index is 12.2. The highest BCUT2D eigenvalue weighted by atomic mass is 16.4. The molecule has 21 heavy (non-hydrogen) atoms. The van der Waals surface area contributed by atoms with Crippen LogP contribution in [0.15, 0.2) is 24.3 Å². The molecule has 1 aromatic carbocycles. The first kappa shape index (κ1) is 15.5. The van der Waals surface area contributed by atoms with Crippen molar-refractivity contribution in [1.82, 2.24) is 0 Å². The van der Waals surface area contributed by atoms with Crippen molar-refractivity contribution in [2.24, 2.45) is 11.8 Å². The monoisotopic (exact) mass is 291 g/mol. The zero-order valence-electron chi connectivity index (χ0n) is 11.9. The first-order valence-electron chi connectivity index (χ1n) is 7.35. The van der Waals surface area contributed by atoms with Gasteiger partial charge in [-0.15, -0.1) is 0 Å². The van der Waals surface area contributed by atoms with Crippen LogP contribution in [0.1, 0.15) is 31.2 Å². The zero-order valence-corrected chi connectivity index (χ0v) is 11.9. The molecule has 1 fully saturated rings. The Balaban J connectivity index is 2.00. The number of hydrogen-bond acceptors (Lipinski definition) is 3. The number of anilines is 1. The molecule has 2 unspecified atom stereocenters. The number of hydrogen-bond donors (Lipinski definition) is 3. The summed E-state index contributed by atoms with van der Waals surface area (Å²) in [7, 11) is 0. The highest BCUT2D eigenvalue weighted by Crippen LogP contribution is 2.32. The summed E-state index contributed by atoms with van der Waals surface area (Å²) >= 11 is 0. The third kappa shape index (κ3) is 4.04. The van der Waals surface area contributed by atoms with E-state index in [2.05, 4.69) is 5.32 Å². The summed E-state index contributed by atoms with van der Waals surface area (Å²) in [5.41, 5.74) is 1.73. The molecule has 114 valence electrons. The summed E-state index contributed by atoms with van der Waals surface area (Å²) in [5, 5.41) is 20.8. The van der Waals surface area contributed by atoms with Gasteiger partial charge in [-0.05, 0) is 43.4 Å². The molecule has 2 atom stereocenters. The van der Waals surface area contributed by atoms with Crippen molar-refractivity contribution in [2.75, 3.05) is 11.9 Å². The van der Waals surface area contributed by atoms with Gasteiger partial charge in [-0.25, -0.2) is 0 Å². The van der Waals surface area contributed by atoms with Gasteiger partial charge >= 0.3 is 5.97 Å². The minimum absolute atomic E-state index is 0.138. The van der Waals surface area contributed by atoms with Gasteiger partial charge in [0.1, 0.15) is 0 Å². The van der Waals surface area contributed by atoms with Crippen LogP contribution < -0.4 is 5.32 Å². The number of amides is 1. The maximum Gasteiger partial charge on any atom is 0.307 e. The Bertz CT molecular complexity index is 515. The summed E-state index contributed by atoms with van der Waals surface area (Å²) in [6.45, 7) is 0.138. The quantitative estimate of drug-likeness (QED) is 0.748. The van der Waals surface area contributed by atoms with Crippen LogP contribution in [0.2, 0.25) is 0 Å². The van der Waals surface area contributed by atoms with E-state index in [9.17, 15) is 9.59 Å². The van der Waals surface area contributed by atoms with E-state index in [4.69, 9.17) is 10.2 Å². The molecule has 0 saturated heterocycles. The van der Waals surface area contributed by atoms with Crippen LogP contribution in [0.4, 0.5) is 5.69 Å². The number of carbonyl (C=O) groups excluding carboxylic acids is 1.